The van der Waals surface area contributed by atoms with E-state index in [1.165, 1.54) is 0 Å². The van der Waals surface area contributed by atoms with Gasteiger partial charge in [-0.15, -0.1) is 0 Å². The van der Waals surface area contributed by atoms with Gasteiger partial charge in [-0.2, -0.15) is 0 Å². The maximum atomic E-state index is 14.0. The van der Waals surface area contributed by atoms with E-state index in [9.17, 15) is 4.39 Å². The summed E-state index contributed by atoms with van der Waals surface area (Å²) in [5.41, 5.74) is 0.0331. The lowest BCUT2D eigenvalue weighted by Gasteiger charge is -2.46. The molecule has 116 valence electrons. The van der Waals surface area contributed by atoms with Gasteiger partial charge in [-0.1, -0.05) is 20.8 Å². The summed E-state index contributed by atoms with van der Waals surface area (Å²) < 4.78 is 25.3. The van der Waals surface area contributed by atoms with Gasteiger partial charge in [0.2, 0.25) is 0 Å². The van der Waals surface area contributed by atoms with E-state index in [2.05, 4.69) is 32.6 Å². The zero-order valence-corrected chi connectivity index (χ0v) is 13.2. The third-order valence-electron chi connectivity index (χ3n) is 5.67. The summed E-state index contributed by atoms with van der Waals surface area (Å²) in [6.07, 6.45) is 2.23. The van der Waals surface area contributed by atoms with Crippen LogP contribution >= 0.6 is 0 Å². The minimum absolute atomic E-state index is 0.0253. The van der Waals surface area contributed by atoms with Crippen molar-refractivity contribution in [2.24, 2.45) is 5.41 Å². The first-order valence-electron chi connectivity index (χ1n) is 7.88. The lowest BCUT2D eigenvalue weighted by Crippen LogP contribution is -2.54. The van der Waals surface area contributed by atoms with Gasteiger partial charge in [-0.25, -0.2) is 4.39 Å². The molecule has 3 aliphatic rings. The fraction of sp³-hybridized carbons (Fsp3) is 1.00. The Morgan fingerprint density at radius 2 is 2.05 bits per heavy atom. The fourth-order valence-corrected chi connectivity index (χ4v) is 4.30. The van der Waals surface area contributed by atoms with E-state index in [1.54, 1.807) is 0 Å². The van der Waals surface area contributed by atoms with Gasteiger partial charge in [0.25, 0.3) is 0 Å². The minimum atomic E-state index is -0.681. The van der Waals surface area contributed by atoms with Crippen LogP contribution in [0.2, 0.25) is 0 Å². The molecule has 0 aromatic carbocycles. The summed E-state index contributed by atoms with van der Waals surface area (Å²) >= 11 is 0. The largest absolute Gasteiger partial charge is 0.375 e. The van der Waals surface area contributed by atoms with Crippen LogP contribution in [0.15, 0.2) is 0 Å². The summed E-state index contributed by atoms with van der Waals surface area (Å²) in [6, 6.07) is 0.368. The molecule has 0 saturated carbocycles. The van der Waals surface area contributed by atoms with E-state index < -0.39 is 6.17 Å². The number of hydrogen-bond acceptors (Lipinski definition) is 3. The van der Waals surface area contributed by atoms with Crippen molar-refractivity contribution in [1.82, 2.24) is 4.90 Å². The number of ether oxygens (including phenoxy) is 2. The zero-order valence-electron chi connectivity index (χ0n) is 13.2. The average Bonchev–Trinajstić information content (AvgIpc) is 2.79. The molecule has 0 aliphatic carbocycles. The van der Waals surface area contributed by atoms with Gasteiger partial charge in [0.1, 0.15) is 11.8 Å². The molecule has 0 radical (unpaired) electrons. The molecule has 0 amide bonds. The topological polar surface area (TPSA) is 21.7 Å². The van der Waals surface area contributed by atoms with Crippen molar-refractivity contribution < 1.29 is 13.9 Å². The van der Waals surface area contributed by atoms with Crippen molar-refractivity contribution in [2.75, 3.05) is 26.4 Å². The quantitative estimate of drug-likeness (QED) is 0.796. The Kier molecular flexibility index (Phi) is 3.43. The second-order valence-corrected chi connectivity index (χ2v) is 8.18. The van der Waals surface area contributed by atoms with Gasteiger partial charge in [0, 0.05) is 18.1 Å². The number of rotatable bonds is 3. The lowest BCUT2D eigenvalue weighted by molar-refractivity contribution is -0.205. The van der Waals surface area contributed by atoms with E-state index in [0.29, 0.717) is 38.8 Å². The van der Waals surface area contributed by atoms with Crippen LogP contribution in [0.1, 0.15) is 47.0 Å². The van der Waals surface area contributed by atoms with E-state index >= 15 is 0 Å². The highest BCUT2D eigenvalue weighted by atomic mass is 19.1. The highest BCUT2D eigenvalue weighted by Crippen LogP contribution is 2.53. The SMILES string of the molecule is CC1(OCC2CCC3(C(C)(C)C)CC(F)CN23)COC1. The monoisotopic (exact) mass is 285 g/mol. The molecule has 3 nitrogen and oxygen atoms in total. The van der Waals surface area contributed by atoms with Crippen LogP contribution < -0.4 is 0 Å². The molecule has 3 unspecified atom stereocenters. The Morgan fingerprint density at radius 3 is 2.60 bits per heavy atom. The Balaban J connectivity index is 1.69. The molecule has 3 rings (SSSR count). The van der Waals surface area contributed by atoms with Crippen molar-refractivity contribution in [1.29, 1.82) is 0 Å². The normalized spacial score (nSPS) is 40.6. The van der Waals surface area contributed by atoms with Gasteiger partial charge in [-0.05, 0) is 31.6 Å². The van der Waals surface area contributed by atoms with Crippen molar-refractivity contribution in [3.63, 3.8) is 0 Å². The number of alkyl halides is 1. The molecule has 4 heteroatoms. The molecule has 20 heavy (non-hydrogen) atoms. The Bertz CT molecular complexity index is 377. The van der Waals surface area contributed by atoms with Gasteiger partial charge in [0.05, 0.1) is 19.8 Å². The highest BCUT2D eigenvalue weighted by molar-refractivity contribution is 5.12. The van der Waals surface area contributed by atoms with Crippen molar-refractivity contribution in [2.45, 2.75) is 70.3 Å². The first-order valence-corrected chi connectivity index (χ1v) is 7.88. The van der Waals surface area contributed by atoms with Crippen LogP contribution in [0.3, 0.4) is 0 Å². The number of nitrogens with zero attached hydrogens (tertiary/aromatic N) is 1. The number of hydrogen-bond donors (Lipinski definition) is 0. The molecular formula is C16H28FNO2. The third-order valence-corrected chi connectivity index (χ3v) is 5.67. The molecule has 3 saturated heterocycles. The molecule has 0 aromatic rings. The van der Waals surface area contributed by atoms with Crippen LogP contribution in [0, 0.1) is 5.41 Å². The minimum Gasteiger partial charge on any atom is -0.375 e. The molecule has 0 spiro atoms. The molecule has 0 N–H and O–H groups in total. The standard InChI is InChI=1S/C16H28FNO2/c1-14(2,3)16-6-5-13(18(16)8-12(17)7-16)9-20-15(4)10-19-11-15/h12-13H,5-11H2,1-4H3. The van der Waals surface area contributed by atoms with Crippen LogP contribution in [0.25, 0.3) is 0 Å². The predicted octanol–water partition coefficient (Wildman–Crippen LogP) is 2.78. The molecule has 3 fully saturated rings. The van der Waals surface area contributed by atoms with Crippen LogP contribution in [0.4, 0.5) is 4.39 Å². The maximum absolute atomic E-state index is 14.0. The van der Waals surface area contributed by atoms with E-state index in [-0.39, 0.29) is 16.6 Å². The van der Waals surface area contributed by atoms with Crippen molar-refractivity contribution >= 4 is 0 Å². The van der Waals surface area contributed by atoms with Crippen LogP contribution in [0.5, 0.6) is 0 Å². The number of fused-ring (bicyclic) bond motifs is 1. The summed E-state index contributed by atoms with van der Waals surface area (Å²) in [7, 11) is 0. The molecule has 3 heterocycles. The van der Waals surface area contributed by atoms with Gasteiger partial charge >= 0.3 is 0 Å². The fourth-order valence-electron chi connectivity index (χ4n) is 4.30. The summed E-state index contributed by atoms with van der Waals surface area (Å²) in [5.74, 6) is 0. The Morgan fingerprint density at radius 1 is 1.35 bits per heavy atom. The molecule has 0 bridgehead atoms. The van der Waals surface area contributed by atoms with Crippen molar-refractivity contribution in [3.8, 4) is 0 Å². The third kappa shape index (κ3) is 2.20. The maximum Gasteiger partial charge on any atom is 0.115 e. The van der Waals surface area contributed by atoms with Gasteiger partial charge in [-0.3, -0.25) is 4.90 Å². The van der Waals surface area contributed by atoms with E-state index in [0.717, 1.165) is 12.8 Å². The zero-order chi connectivity index (χ0) is 14.6. The van der Waals surface area contributed by atoms with Gasteiger partial charge < -0.3 is 9.47 Å². The molecule has 3 aliphatic heterocycles. The van der Waals surface area contributed by atoms with E-state index in [4.69, 9.17) is 9.47 Å². The predicted molar refractivity (Wildman–Crippen MR) is 76.6 cm³/mol. The van der Waals surface area contributed by atoms with Crippen LogP contribution in [-0.2, 0) is 9.47 Å². The van der Waals surface area contributed by atoms with E-state index in [1.807, 2.05) is 0 Å². The molecular weight excluding hydrogens is 257 g/mol. The highest BCUT2D eigenvalue weighted by Gasteiger charge is 2.58. The average molecular weight is 285 g/mol. The second kappa shape index (κ2) is 4.65. The second-order valence-electron chi connectivity index (χ2n) is 8.18. The lowest BCUT2D eigenvalue weighted by atomic mass is 9.71. The molecule has 3 atom stereocenters. The summed E-state index contributed by atoms with van der Waals surface area (Å²) in [6.45, 7) is 11.5. The first-order chi connectivity index (χ1) is 9.26. The first kappa shape index (κ1) is 14.7. The van der Waals surface area contributed by atoms with Gasteiger partial charge in [0.15, 0.2) is 0 Å². The van der Waals surface area contributed by atoms with Crippen molar-refractivity contribution in [3.05, 3.63) is 0 Å². The summed E-state index contributed by atoms with van der Waals surface area (Å²) in [4.78, 5) is 2.42. The summed E-state index contributed by atoms with van der Waals surface area (Å²) in [5, 5.41) is 0. The Hall–Kier alpha value is -0.190. The molecule has 0 aromatic heterocycles. The number of halogens is 1. The smallest absolute Gasteiger partial charge is 0.115 e. The Labute approximate surface area is 121 Å². The van der Waals surface area contributed by atoms with Crippen LogP contribution in [-0.4, -0.2) is 54.6 Å².